The van der Waals surface area contributed by atoms with Gasteiger partial charge in [0.2, 0.25) is 0 Å². The highest BCUT2D eigenvalue weighted by atomic mass is 35.5. The van der Waals surface area contributed by atoms with Crippen molar-refractivity contribution in [2.24, 2.45) is 0 Å². The Kier molecular flexibility index (Phi) is 3.95. The highest BCUT2D eigenvalue weighted by molar-refractivity contribution is 6.31. The molecule has 0 unspecified atom stereocenters. The molecule has 0 spiro atoms. The number of hydrogen-bond acceptors (Lipinski definition) is 2. The highest BCUT2D eigenvalue weighted by Crippen LogP contribution is 2.22. The van der Waals surface area contributed by atoms with Crippen LogP contribution in [-0.4, -0.2) is 6.29 Å². The van der Waals surface area contributed by atoms with Crippen LogP contribution >= 0.6 is 11.6 Å². The van der Waals surface area contributed by atoms with Crippen molar-refractivity contribution in [3.63, 3.8) is 0 Å². The molecule has 0 amide bonds. The van der Waals surface area contributed by atoms with Crippen LogP contribution in [0.4, 0.5) is 4.39 Å². The molecule has 2 nitrogen and oxygen atoms in total. The van der Waals surface area contributed by atoms with Crippen LogP contribution in [0.2, 0.25) is 5.02 Å². The Hall–Kier alpha value is -1.87. The van der Waals surface area contributed by atoms with E-state index in [0.29, 0.717) is 23.2 Å². The van der Waals surface area contributed by atoms with Crippen molar-refractivity contribution in [3.05, 3.63) is 64.4 Å². The fraction of sp³-hybridized carbons (Fsp3) is 0.0714. The molecule has 0 aliphatic carbocycles. The SMILES string of the molecule is O=Cc1ccccc1OCc1cccc(F)c1Cl. The van der Waals surface area contributed by atoms with E-state index in [2.05, 4.69) is 0 Å². The maximum absolute atomic E-state index is 13.2. The lowest BCUT2D eigenvalue weighted by Crippen LogP contribution is -1.99. The second-order valence-corrected chi connectivity index (χ2v) is 4.04. The maximum atomic E-state index is 13.2. The van der Waals surface area contributed by atoms with Crippen LogP contribution in [0.1, 0.15) is 15.9 Å². The Balaban J connectivity index is 2.16. The molecule has 0 fully saturated rings. The lowest BCUT2D eigenvalue weighted by atomic mass is 10.2. The third kappa shape index (κ3) is 2.68. The average molecular weight is 265 g/mol. The molecule has 0 radical (unpaired) electrons. The minimum atomic E-state index is -0.485. The number of aldehydes is 1. The first-order valence-corrected chi connectivity index (χ1v) is 5.70. The number of carbonyl (C=O) groups is 1. The number of hydrogen-bond donors (Lipinski definition) is 0. The van der Waals surface area contributed by atoms with Gasteiger partial charge in [0.1, 0.15) is 18.2 Å². The van der Waals surface area contributed by atoms with E-state index in [1.54, 1.807) is 36.4 Å². The van der Waals surface area contributed by atoms with Gasteiger partial charge < -0.3 is 4.74 Å². The smallest absolute Gasteiger partial charge is 0.153 e. The van der Waals surface area contributed by atoms with Crippen molar-refractivity contribution in [2.45, 2.75) is 6.61 Å². The third-order valence-corrected chi connectivity index (χ3v) is 2.88. The second-order valence-electron chi connectivity index (χ2n) is 3.66. The first-order chi connectivity index (χ1) is 8.72. The van der Waals surface area contributed by atoms with Crippen molar-refractivity contribution in [3.8, 4) is 5.75 Å². The Morgan fingerprint density at radius 3 is 2.72 bits per heavy atom. The third-order valence-electron chi connectivity index (χ3n) is 2.46. The molecule has 0 bridgehead atoms. The normalized spacial score (nSPS) is 10.1. The Bertz CT molecular complexity index is 569. The number of rotatable bonds is 4. The monoisotopic (exact) mass is 264 g/mol. The Labute approximate surface area is 109 Å². The van der Waals surface area contributed by atoms with Crippen molar-refractivity contribution in [1.82, 2.24) is 0 Å². The molecule has 0 saturated heterocycles. The fourth-order valence-corrected chi connectivity index (χ4v) is 1.71. The molecule has 0 aliphatic rings. The topological polar surface area (TPSA) is 26.3 Å². The minimum Gasteiger partial charge on any atom is -0.488 e. The predicted molar refractivity (Wildman–Crippen MR) is 67.6 cm³/mol. The first kappa shape index (κ1) is 12.6. The zero-order valence-electron chi connectivity index (χ0n) is 9.40. The van der Waals surface area contributed by atoms with Gasteiger partial charge in [0.05, 0.1) is 10.6 Å². The average Bonchev–Trinajstić information content (AvgIpc) is 2.41. The molecule has 0 aliphatic heterocycles. The largest absolute Gasteiger partial charge is 0.488 e. The first-order valence-electron chi connectivity index (χ1n) is 5.32. The summed E-state index contributed by atoms with van der Waals surface area (Å²) in [4.78, 5) is 10.8. The van der Waals surface area contributed by atoms with E-state index in [0.717, 1.165) is 0 Å². The number of halogens is 2. The Morgan fingerprint density at radius 2 is 1.94 bits per heavy atom. The summed E-state index contributed by atoms with van der Waals surface area (Å²) < 4.78 is 18.7. The summed E-state index contributed by atoms with van der Waals surface area (Å²) in [6.45, 7) is 0.113. The molecule has 18 heavy (non-hydrogen) atoms. The molecule has 2 aromatic carbocycles. The molecule has 4 heteroatoms. The number of ether oxygens (including phenoxy) is 1. The lowest BCUT2D eigenvalue weighted by molar-refractivity contribution is 0.111. The van der Waals surface area contributed by atoms with Crippen molar-refractivity contribution < 1.29 is 13.9 Å². The van der Waals surface area contributed by atoms with Gasteiger partial charge >= 0.3 is 0 Å². The molecule has 92 valence electrons. The summed E-state index contributed by atoms with van der Waals surface area (Å²) in [5.74, 6) is -0.0331. The summed E-state index contributed by atoms with van der Waals surface area (Å²) in [6, 6.07) is 11.3. The molecule has 0 N–H and O–H groups in total. The van der Waals surface area contributed by atoms with E-state index >= 15 is 0 Å². The van der Waals surface area contributed by atoms with E-state index in [1.165, 1.54) is 6.07 Å². The minimum absolute atomic E-state index is 0.0427. The summed E-state index contributed by atoms with van der Waals surface area (Å²) in [5.41, 5.74) is 0.988. The number of para-hydroxylation sites is 1. The molecule has 0 saturated carbocycles. The van der Waals surface area contributed by atoms with Crippen LogP contribution in [0.15, 0.2) is 42.5 Å². The molecular formula is C14H10ClFO2. The molecule has 0 aromatic heterocycles. The maximum Gasteiger partial charge on any atom is 0.153 e. The van der Waals surface area contributed by atoms with Crippen LogP contribution in [0.3, 0.4) is 0 Å². The van der Waals surface area contributed by atoms with Gasteiger partial charge in [-0.2, -0.15) is 0 Å². The molecular weight excluding hydrogens is 255 g/mol. The van der Waals surface area contributed by atoms with Gasteiger partial charge in [-0.15, -0.1) is 0 Å². The van der Waals surface area contributed by atoms with Crippen LogP contribution in [0.5, 0.6) is 5.75 Å². The van der Waals surface area contributed by atoms with Gasteiger partial charge in [-0.25, -0.2) is 4.39 Å². The summed E-state index contributed by atoms with van der Waals surface area (Å²) in [6.07, 6.45) is 0.711. The van der Waals surface area contributed by atoms with Gasteiger partial charge in [0, 0.05) is 5.56 Å². The lowest BCUT2D eigenvalue weighted by Gasteiger charge is -2.09. The quantitative estimate of drug-likeness (QED) is 0.784. The van der Waals surface area contributed by atoms with Crippen molar-refractivity contribution in [1.29, 1.82) is 0 Å². The molecule has 2 rings (SSSR count). The number of carbonyl (C=O) groups excluding carboxylic acids is 1. The molecule has 0 atom stereocenters. The van der Waals surface area contributed by atoms with Gasteiger partial charge in [0.25, 0.3) is 0 Å². The summed E-state index contributed by atoms with van der Waals surface area (Å²) in [5, 5.41) is 0.0427. The van der Waals surface area contributed by atoms with Gasteiger partial charge in [-0.3, -0.25) is 4.79 Å². The summed E-state index contributed by atoms with van der Waals surface area (Å²) >= 11 is 5.81. The van der Waals surface area contributed by atoms with E-state index in [1.807, 2.05) is 0 Å². The second kappa shape index (κ2) is 5.65. The number of benzene rings is 2. The van der Waals surface area contributed by atoms with Gasteiger partial charge in [0.15, 0.2) is 6.29 Å². The predicted octanol–water partition coefficient (Wildman–Crippen LogP) is 3.87. The van der Waals surface area contributed by atoms with E-state index in [4.69, 9.17) is 16.3 Å². The highest BCUT2D eigenvalue weighted by Gasteiger charge is 2.07. The molecule has 2 aromatic rings. The van der Waals surface area contributed by atoms with Crippen molar-refractivity contribution in [2.75, 3.05) is 0 Å². The fourth-order valence-electron chi connectivity index (χ4n) is 1.52. The van der Waals surface area contributed by atoms with Crippen LogP contribution in [0.25, 0.3) is 0 Å². The van der Waals surface area contributed by atoms with E-state index < -0.39 is 5.82 Å². The van der Waals surface area contributed by atoms with Crippen LogP contribution in [0, 0.1) is 5.82 Å². The zero-order chi connectivity index (χ0) is 13.0. The van der Waals surface area contributed by atoms with Gasteiger partial charge in [-0.05, 0) is 18.2 Å². The zero-order valence-corrected chi connectivity index (χ0v) is 10.2. The van der Waals surface area contributed by atoms with Gasteiger partial charge in [-0.1, -0.05) is 35.9 Å². The molecule has 0 heterocycles. The standard InChI is InChI=1S/C14H10ClFO2/c15-14-11(5-3-6-12(14)16)9-18-13-7-2-1-4-10(13)8-17/h1-8H,9H2. The Morgan fingerprint density at radius 1 is 1.17 bits per heavy atom. The van der Waals surface area contributed by atoms with E-state index in [9.17, 15) is 9.18 Å². The van der Waals surface area contributed by atoms with E-state index in [-0.39, 0.29) is 11.6 Å². The van der Waals surface area contributed by atoms with Crippen molar-refractivity contribution >= 4 is 17.9 Å². The summed E-state index contributed by atoms with van der Waals surface area (Å²) in [7, 11) is 0. The van der Waals surface area contributed by atoms with Crippen LogP contribution in [-0.2, 0) is 6.61 Å². The van der Waals surface area contributed by atoms with Crippen LogP contribution < -0.4 is 4.74 Å².